The topological polar surface area (TPSA) is 56.7 Å². The van der Waals surface area contributed by atoms with Crippen molar-refractivity contribution < 1.29 is 0 Å². The summed E-state index contributed by atoms with van der Waals surface area (Å²) in [5.41, 5.74) is 6.03. The Bertz CT molecular complexity index is 301. The first-order valence-corrected chi connectivity index (χ1v) is 4.80. The summed E-state index contributed by atoms with van der Waals surface area (Å²) >= 11 is 0. The predicted octanol–water partition coefficient (Wildman–Crippen LogP) is 0.923. The van der Waals surface area contributed by atoms with Crippen LogP contribution in [0.15, 0.2) is 0 Å². The minimum atomic E-state index is 0.0682. The van der Waals surface area contributed by atoms with Crippen molar-refractivity contribution in [3.63, 3.8) is 0 Å². The predicted molar refractivity (Wildman–Crippen MR) is 50.0 cm³/mol. The Labute approximate surface area is 78.1 Å². The zero-order valence-corrected chi connectivity index (χ0v) is 8.20. The van der Waals surface area contributed by atoms with Gasteiger partial charge in [0, 0.05) is 7.05 Å². The van der Waals surface area contributed by atoms with Crippen molar-refractivity contribution in [2.24, 2.45) is 18.7 Å². The fraction of sp³-hybridized carbons (Fsp3) is 0.778. The molecule has 1 heterocycles. The highest BCUT2D eigenvalue weighted by molar-refractivity contribution is 4.99. The van der Waals surface area contributed by atoms with Crippen LogP contribution < -0.4 is 5.73 Å². The number of aryl methyl sites for hydroxylation is 1. The first-order chi connectivity index (χ1) is 6.18. The fourth-order valence-electron chi connectivity index (χ4n) is 1.56. The van der Waals surface area contributed by atoms with Gasteiger partial charge in [0.15, 0.2) is 0 Å². The molecular weight excluding hydrogens is 164 g/mol. The van der Waals surface area contributed by atoms with E-state index in [4.69, 9.17) is 5.73 Å². The summed E-state index contributed by atoms with van der Waals surface area (Å²) < 4.78 is 1.98. The van der Waals surface area contributed by atoms with Crippen molar-refractivity contribution in [3.05, 3.63) is 11.6 Å². The summed E-state index contributed by atoms with van der Waals surface area (Å²) in [5.74, 6) is 2.69. The van der Waals surface area contributed by atoms with Crippen LogP contribution in [0.4, 0.5) is 0 Å². The van der Waals surface area contributed by atoms with Gasteiger partial charge in [0.25, 0.3) is 0 Å². The Balaban J connectivity index is 2.09. The molecule has 2 N–H and O–H groups in total. The Morgan fingerprint density at radius 3 is 2.69 bits per heavy atom. The quantitative estimate of drug-likeness (QED) is 0.752. The molecule has 1 saturated carbocycles. The van der Waals surface area contributed by atoms with Gasteiger partial charge in [0.1, 0.15) is 11.6 Å². The number of aromatic nitrogens is 3. The van der Waals surface area contributed by atoms with Gasteiger partial charge < -0.3 is 10.3 Å². The lowest BCUT2D eigenvalue weighted by atomic mass is 10.1. The molecule has 1 atom stereocenters. The van der Waals surface area contributed by atoms with E-state index in [0.717, 1.165) is 24.0 Å². The van der Waals surface area contributed by atoms with Crippen LogP contribution in [0, 0.1) is 12.8 Å². The molecule has 1 aromatic rings. The summed E-state index contributed by atoms with van der Waals surface area (Å²) in [6.45, 7) is 1.94. The Kier molecular flexibility index (Phi) is 2.07. The van der Waals surface area contributed by atoms with E-state index in [1.54, 1.807) is 0 Å². The minimum absolute atomic E-state index is 0.0682. The summed E-state index contributed by atoms with van der Waals surface area (Å²) in [4.78, 5) is 0. The van der Waals surface area contributed by atoms with Gasteiger partial charge in [0.05, 0.1) is 6.04 Å². The van der Waals surface area contributed by atoms with Crippen LogP contribution in [-0.2, 0) is 7.05 Å². The zero-order valence-electron chi connectivity index (χ0n) is 8.20. The van der Waals surface area contributed by atoms with Crippen LogP contribution >= 0.6 is 0 Å². The van der Waals surface area contributed by atoms with Crippen LogP contribution in [0.2, 0.25) is 0 Å². The number of rotatable bonds is 3. The maximum atomic E-state index is 6.03. The standard InChI is InChI=1S/C9H16N4/c1-6-11-12-9(13(6)2)8(10)5-7-3-4-7/h7-8H,3-5,10H2,1-2H3. The van der Waals surface area contributed by atoms with E-state index in [0.29, 0.717) is 0 Å². The van der Waals surface area contributed by atoms with Gasteiger partial charge >= 0.3 is 0 Å². The van der Waals surface area contributed by atoms with Gasteiger partial charge in [-0.25, -0.2) is 0 Å². The molecule has 1 fully saturated rings. The summed E-state index contributed by atoms with van der Waals surface area (Å²) in [6, 6.07) is 0.0682. The molecule has 0 saturated heterocycles. The van der Waals surface area contributed by atoms with Gasteiger partial charge in [-0.1, -0.05) is 12.8 Å². The number of hydrogen-bond donors (Lipinski definition) is 1. The fourth-order valence-corrected chi connectivity index (χ4v) is 1.56. The van der Waals surface area contributed by atoms with Gasteiger partial charge in [-0.05, 0) is 19.3 Å². The van der Waals surface area contributed by atoms with Gasteiger partial charge in [-0.15, -0.1) is 10.2 Å². The summed E-state index contributed by atoms with van der Waals surface area (Å²) in [7, 11) is 1.97. The molecule has 4 nitrogen and oxygen atoms in total. The highest BCUT2D eigenvalue weighted by atomic mass is 15.3. The number of nitrogens with two attached hydrogens (primary N) is 1. The second-order valence-corrected chi connectivity index (χ2v) is 3.95. The van der Waals surface area contributed by atoms with Crippen molar-refractivity contribution in [2.75, 3.05) is 0 Å². The third-order valence-corrected chi connectivity index (χ3v) is 2.74. The van der Waals surface area contributed by atoms with Crippen LogP contribution in [0.1, 0.15) is 37.0 Å². The summed E-state index contributed by atoms with van der Waals surface area (Å²) in [5, 5.41) is 8.08. The highest BCUT2D eigenvalue weighted by Gasteiger charge is 2.26. The molecule has 1 aromatic heterocycles. The van der Waals surface area contributed by atoms with Gasteiger partial charge in [-0.2, -0.15) is 0 Å². The molecule has 13 heavy (non-hydrogen) atoms. The maximum Gasteiger partial charge on any atom is 0.149 e. The normalized spacial score (nSPS) is 19.0. The van der Waals surface area contributed by atoms with Crippen LogP contribution in [0.5, 0.6) is 0 Å². The van der Waals surface area contributed by atoms with E-state index < -0.39 is 0 Å². The smallest absolute Gasteiger partial charge is 0.149 e. The molecule has 2 rings (SSSR count). The maximum absolute atomic E-state index is 6.03. The van der Waals surface area contributed by atoms with Gasteiger partial charge in [0.2, 0.25) is 0 Å². The number of nitrogens with zero attached hydrogens (tertiary/aromatic N) is 3. The highest BCUT2D eigenvalue weighted by Crippen LogP contribution is 2.36. The average molecular weight is 180 g/mol. The van der Waals surface area contributed by atoms with Crippen molar-refractivity contribution >= 4 is 0 Å². The zero-order chi connectivity index (χ0) is 9.42. The third-order valence-electron chi connectivity index (χ3n) is 2.74. The Morgan fingerprint density at radius 2 is 2.23 bits per heavy atom. The monoisotopic (exact) mass is 180 g/mol. The molecular formula is C9H16N4. The molecule has 0 aliphatic heterocycles. The Morgan fingerprint density at radius 1 is 1.54 bits per heavy atom. The largest absolute Gasteiger partial charge is 0.321 e. The molecule has 0 amide bonds. The lowest BCUT2D eigenvalue weighted by Crippen LogP contribution is -2.16. The second kappa shape index (κ2) is 3.10. The second-order valence-electron chi connectivity index (χ2n) is 3.95. The molecule has 1 aliphatic carbocycles. The molecule has 72 valence electrons. The van der Waals surface area contributed by atoms with Crippen molar-refractivity contribution in [1.29, 1.82) is 0 Å². The molecule has 0 aromatic carbocycles. The summed E-state index contributed by atoms with van der Waals surface area (Å²) in [6.07, 6.45) is 3.74. The van der Waals surface area contributed by atoms with Crippen LogP contribution in [0.25, 0.3) is 0 Å². The van der Waals surface area contributed by atoms with E-state index in [1.165, 1.54) is 12.8 Å². The van der Waals surface area contributed by atoms with E-state index in [-0.39, 0.29) is 6.04 Å². The minimum Gasteiger partial charge on any atom is -0.321 e. The third kappa shape index (κ3) is 1.72. The molecule has 0 spiro atoms. The van der Waals surface area contributed by atoms with Crippen molar-refractivity contribution in [3.8, 4) is 0 Å². The first-order valence-electron chi connectivity index (χ1n) is 4.80. The van der Waals surface area contributed by atoms with Gasteiger partial charge in [-0.3, -0.25) is 0 Å². The average Bonchev–Trinajstić information content (AvgIpc) is 2.82. The molecule has 1 aliphatic rings. The van der Waals surface area contributed by atoms with Crippen LogP contribution in [-0.4, -0.2) is 14.8 Å². The molecule has 1 unspecified atom stereocenters. The first kappa shape index (κ1) is 8.69. The lowest BCUT2D eigenvalue weighted by molar-refractivity contribution is 0.547. The van der Waals surface area contributed by atoms with Crippen molar-refractivity contribution in [2.45, 2.75) is 32.2 Å². The lowest BCUT2D eigenvalue weighted by Gasteiger charge is -2.09. The molecule has 0 radical (unpaired) electrons. The molecule has 4 heteroatoms. The van der Waals surface area contributed by atoms with E-state index in [2.05, 4.69) is 10.2 Å². The van der Waals surface area contributed by atoms with Crippen molar-refractivity contribution in [1.82, 2.24) is 14.8 Å². The van der Waals surface area contributed by atoms with E-state index >= 15 is 0 Å². The SMILES string of the molecule is Cc1nnc(C(N)CC2CC2)n1C. The van der Waals surface area contributed by atoms with E-state index in [9.17, 15) is 0 Å². The number of hydrogen-bond acceptors (Lipinski definition) is 3. The van der Waals surface area contributed by atoms with E-state index in [1.807, 2.05) is 18.5 Å². The van der Waals surface area contributed by atoms with Crippen LogP contribution in [0.3, 0.4) is 0 Å². The Hall–Kier alpha value is -0.900. The molecule has 0 bridgehead atoms.